The Morgan fingerprint density at radius 2 is 1.36 bits per heavy atom. The highest BCUT2D eigenvalue weighted by Crippen LogP contribution is 2.52. The lowest BCUT2D eigenvalue weighted by Crippen LogP contribution is -2.32. The maximum absolute atomic E-state index is 14.0. The van der Waals surface area contributed by atoms with Crippen molar-refractivity contribution in [1.29, 1.82) is 0 Å². The molecule has 0 fully saturated rings. The molecule has 0 unspecified atom stereocenters. The number of carboxylic acid groups (broad SMARTS) is 1. The van der Waals surface area contributed by atoms with Gasteiger partial charge in [0.2, 0.25) is 5.69 Å². The third-order valence-electron chi connectivity index (χ3n) is 14.0. The van der Waals surface area contributed by atoms with Crippen LogP contribution in [0.2, 0.25) is 0 Å². The fraction of sp³-hybridized carbons (Fsp3) is 0.463. The summed E-state index contributed by atoms with van der Waals surface area (Å²) in [5.41, 5.74) is 3.56. The number of benzene rings is 2. The van der Waals surface area contributed by atoms with Crippen LogP contribution in [0.25, 0.3) is 21.2 Å². The topological polar surface area (TPSA) is 336 Å². The Kier molecular flexibility index (Phi) is 20.4. The zero-order valence-electron chi connectivity index (χ0n) is 45.5. The largest absolute Gasteiger partial charge is 0.481 e. The third-order valence-corrected chi connectivity index (χ3v) is 17.2. The number of aromatic nitrogens is 1. The first-order valence-corrected chi connectivity index (χ1v) is 32.0. The monoisotopic (exact) mass is 1180 g/mol. The van der Waals surface area contributed by atoms with Gasteiger partial charge in [-0.25, -0.2) is 4.98 Å². The summed E-state index contributed by atoms with van der Waals surface area (Å²) in [6, 6.07) is 10.0. The predicted octanol–water partition coefficient (Wildman–Crippen LogP) is 6.41. The molecular weight excluding hydrogens is 1110 g/mol. The Balaban J connectivity index is 1.56. The minimum Gasteiger partial charge on any atom is -0.481 e. The number of carboxylic acids is 1. The Hall–Kier alpha value is -6.42. The zero-order chi connectivity index (χ0) is 59.0. The van der Waals surface area contributed by atoms with E-state index in [0.717, 1.165) is 22.7 Å². The molecule has 0 saturated carbocycles. The second kappa shape index (κ2) is 26.0. The first-order valence-electron chi connectivity index (χ1n) is 26.3. The van der Waals surface area contributed by atoms with Gasteiger partial charge in [0.15, 0.2) is 5.71 Å². The van der Waals surface area contributed by atoms with Crippen LogP contribution in [-0.4, -0.2) is 145 Å². The number of aliphatic carboxylic acids is 1. The number of carbonyl (C=O) groups is 5. The third kappa shape index (κ3) is 15.1. The van der Waals surface area contributed by atoms with Gasteiger partial charge in [-0.05, 0) is 92.9 Å². The molecule has 4 aromatic rings. The molecule has 6 rings (SSSR count). The summed E-state index contributed by atoms with van der Waals surface area (Å²) in [6.07, 6.45) is 9.27. The summed E-state index contributed by atoms with van der Waals surface area (Å²) in [6.45, 7) is 12.1. The van der Waals surface area contributed by atoms with Crippen molar-refractivity contribution in [2.75, 3.05) is 61.4 Å². The highest BCUT2D eigenvalue weighted by atomic mass is 32.2. The second-order valence-corrected chi connectivity index (χ2v) is 26.0. The number of amides is 4. The van der Waals surface area contributed by atoms with Gasteiger partial charge in [-0.3, -0.25) is 37.6 Å². The molecule has 0 bridgehead atoms. The van der Waals surface area contributed by atoms with E-state index in [4.69, 9.17) is 0 Å². The van der Waals surface area contributed by atoms with Crippen molar-refractivity contribution >= 4 is 98.5 Å². The van der Waals surface area contributed by atoms with Crippen LogP contribution < -0.4 is 26.2 Å². The van der Waals surface area contributed by atoms with Crippen LogP contribution in [0.1, 0.15) is 146 Å². The molecule has 4 heterocycles. The first-order chi connectivity index (χ1) is 37.5. The Morgan fingerprint density at radius 1 is 0.738 bits per heavy atom. The molecular formula is C54H70N7O15S4+. The minimum absolute atomic E-state index is 0.00302. The Bertz CT molecular complexity index is 3450. The lowest BCUT2D eigenvalue weighted by molar-refractivity contribution is -0.435. The van der Waals surface area contributed by atoms with Crippen molar-refractivity contribution in [2.24, 2.45) is 0 Å². The minimum atomic E-state index is -4.48. The van der Waals surface area contributed by atoms with Crippen molar-refractivity contribution in [3.63, 3.8) is 0 Å². The van der Waals surface area contributed by atoms with E-state index in [1.165, 1.54) is 23.5 Å². The fourth-order valence-electron chi connectivity index (χ4n) is 10.5. The van der Waals surface area contributed by atoms with Gasteiger partial charge in [-0.2, -0.15) is 29.8 Å². The quantitative estimate of drug-likeness (QED) is 0.0173. The van der Waals surface area contributed by atoms with Crippen molar-refractivity contribution in [3.05, 3.63) is 99.3 Å². The molecule has 8 N–H and O–H groups in total. The number of allylic oxidation sites excluding steroid dienone is 4. The van der Waals surface area contributed by atoms with Crippen molar-refractivity contribution in [1.82, 2.24) is 26.3 Å². The number of pyridine rings is 1. The molecule has 434 valence electrons. The van der Waals surface area contributed by atoms with Gasteiger partial charge in [0.25, 0.3) is 54.0 Å². The van der Waals surface area contributed by atoms with E-state index in [1.807, 2.05) is 74.9 Å². The molecule has 2 aromatic carbocycles. The maximum atomic E-state index is 14.0. The second-order valence-electron chi connectivity index (χ2n) is 20.4. The summed E-state index contributed by atoms with van der Waals surface area (Å²) in [5.74, 6) is -5.58. The molecule has 0 spiro atoms. The number of fused-ring (bicyclic) bond motifs is 4. The van der Waals surface area contributed by atoms with Crippen LogP contribution in [-0.2, 0) is 46.0 Å². The maximum Gasteiger partial charge on any atom is 0.303 e. The number of hydrogen-bond acceptors (Lipinski definition) is 14. The van der Waals surface area contributed by atoms with E-state index in [-0.39, 0.29) is 42.6 Å². The predicted molar refractivity (Wildman–Crippen MR) is 306 cm³/mol. The van der Waals surface area contributed by atoms with Crippen molar-refractivity contribution < 1.29 is 72.6 Å². The lowest BCUT2D eigenvalue weighted by Gasteiger charge is -2.27. The number of nitrogens with one attached hydrogen (secondary N) is 4. The zero-order valence-corrected chi connectivity index (χ0v) is 48.8. The van der Waals surface area contributed by atoms with Crippen molar-refractivity contribution in [3.8, 4) is 11.1 Å². The number of unbranched alkanes of at least 4 members (excludes halogenated alkanes) is 2. The smallest absolute Gasteiger partial charge is 0.303 e. The molecule has 22 nitrogen and oxygen atoms in total. The van der Waals surface area contributed by atoms with Crippen LogP contribution in [0, 0.1) is 0 Å². The molecule has 0 aliphatic carbocycles. The van der Waals surface area contributed by atoms with E-state index in [0.29, 0.717) is 102 Å². The van der Waals surface area contributed by atoms with E-state index in [1.54, 1.807) is 19.1 Å². The molecule has 0 saturated heterocycles. The summed E-state index contributed by atoms with van der Waals surface area (Å²) in [5, 5.41) is 22.6. The molecule has 2 aliphatic rings. The summed E-state index contributed by atoms with van der Waals surface area (Å²) in [7, 11) is -13.3. The van der Waals surface area contributed by atoms with Crippen LogP contribution in [0.4, 0.5) is 11.4 Å². The van der Waals surface area contributed by atoms with Gasteiger partial charge in [-0.1, -0.05) is 46.6 Å². The van der Waals surface area contributed by atoms with Gasteiger partial charge in [0.1, 0.15) is 17.9 Å². The number of nitrogens with zero attached hydrogens (tertiary/aromatic N) is 3. The van der Waals surface area contributed by atoms with Gasteiger partial charge in [0.05, 0.1) is 28.1 Å². The lowest BCUT2D eigenvalue weighted by atomic mass is 9.74. The number of hydrogen-bond donors (Lipinski definition) is 8. The van der Waals surface area contributed by atoms with Crippen LogP contribution in [0.3, 0.4) is 0 Å². The summed E-state index contributed by atoms with van der Waals surface area (Å²) >= 11 is 1.34. The molecule has 2 aliphatic heterocycles. The van der Waals surface area contributed by atoms with Gasteiger partial charge in [0, 0.05) is 101 Å². The van der Waals surface area contributed by atoms with Crippen LogP contribution in [0.15, 0.2) is 65.7 Å². The van der Waals surface area contributed by atoms with Crippen LogP contribution in [0.5, 0.6) is 0 Å². The first kappa shape index (κ1) is 62.8. The summed E-state index contributed by atoms with van der Waals surface area (Å²) in [4.78, 5) is 72.6. The Labute approximate surface area is 470 Å². The average molecular weight is 1190 g/mol. The highest BCUT2D eigenvalue weighted by Gasteiger charge is 2.49. The SMILES string of the molecule is CCCNC(=O)c1cc(C(=O)NCC)c2c(c1)N(CCCCCC(=O)O)/C(=C/C=C/C1=[N+](CCCS(=O)(=O)O)c3c(cc(-c4cc(C(=O)NCCS(=O)(=O)O)nc(C(=O)NCCS(=O)(=O)O)c4)c4sccc34)[C@]1(C)CCC)C2(C)C. The number of carbonyl (C=O) groups excluding carboxylic acids is 4. The van der Waals surface area contributed by atoms with E-state index >= 15 is 0 Å². The standard InChI is InChI=1S/C54H69N7O15S4/c1-7-19-54(6)39-33-37(34-30-40(51(66)57-21-27-79(71,72)73)59-41(31-34)52(67)58-22-28-80(74,75)76)48-36(18-25-77-48)47(39)61(24-14-26-78(68,69)70)44(54)16-13-15-43-53(4,5)46-38(50(65)55-9-3)29-35(49(64)56-20-8-2)32-42(46)60(43)23-12-10-11-17-45(62)63/h13,15-16,18,25,29-33H,7-12,14,17,19-24,26-28H2,1-6H3,(H7-,55,56,57,58,62,63,64,65,66,67,68,69,70,71,72,73,74,75,76)/p+1/t54-/m0/s1. The van der Waals surface area contributed by atoms with Gasteiger partial charge in [-0.15, -0.1) is 11.3 Å². The van der Waals surface area contributed by atoms with E-state index in [9.17, 15) is 68.0 Å². The molecule has 2 aromatic heterocycles. The van der Waals surface area contributed by atoms with Gasteiger partial charge >= 0.3 is 5.97 Å². The number of rotatable bonds is 28. The number of thiophene rings is 1. The van der Waals surface area contributed by atoms with E-state index in [2.05, 4.69) is 31.2 Å². The highest BCUT2D eigenvalue weighted by molar-refractivity contribution is 7.86. The average Bonchev–Trinajstić information content (AvgIpc) is 4.14. The van der Waals surface area contributed by atoms with Crippen LogP contribution >= 0.6 is 11.3 Å². The van der Waals surface area contributed by atoms with E-state index < -0.39 is 89.3 Å². The van der Waals surface area contributed by atoms with Crippen molar-refractivity contribution in [2.45, 2.75) is 104 Å². The molecule has 26 heteroatoms. The molecule has 4 amide bonds. The summed E-state index contributed by atoms with van der Waals surface area (Å²) < 4.78 is 102. The number of anilines is 1. The normalized spacial score (nSPS) is 16.6. The van der Waals surface area contributed by atoms with Gasteiger partial charge < -0.3 is 31.3 Å². The molecule has 0 radical (unpaired) electrons. The molecule has 80 heavy (non-hydrogen) atoms. The molecule has 1 atom stereocenters. The Morgan fingerprint density at radius 3 is 1.94 bits per heavy atom. The fourth-order valence-corrected chi connectivity index (χ4v) is 12.6.